The molecule has 0 saturated carbocycles. The van der Waals surface area contributed by atoms with Crippen molar-refractivity contribution in [3.05, 3.63) is 74.8 Å². The topological polar surface area (TPSA) is 91.1 Å². The first kappa shape index (κ1) is 22.2. The van der Waals surface area contributed by atoms with Gasteiger partial charge in [-0.1, -0.05) is 35.9 Å². The number of guanidine groups is 1. The molecule has 0 saturated heterocycles. The van der Waals surface area contributed by atoms with Gasteiger partial charge < -0.3 is 15.1 Å². The van der Waals surface area contributed by atoms with E-state index in [4.69, 9.17) is 11.6 Å². The Bertz CT molecular complexity index is 884. The van der Waals surface area contributed by atoms with Crippen molar-refractivity contribution in [3.63, 3.8) is 0 Å². The van der Waals surface area contributed by atoms with Gasteiger partial charge in [-0.05, 0) is 23.3 Å². The molecule has 154 valence electrons. The first-order valence-electron chi connectivity index (χ1n) is 8.93. The molecule has 0 heterocycles. The molecule has 0 aliphatic carbocycles. The van der Waals surface area contributed by atoms with Crippen molar-refractivity contribution in [3.8, 4) is 0 Å². The summed E-state index contributed by atoms with van der Waals surface area (Å²) >= 11 is 6.06. The molecule has 0 atom stereocenters. The number of benzene rings is 2. The van der Waals surface area contributed by atoms with Crippen molar-refractivity contribution in [2.75, 3.05) is 27.7 Å². The summed E-state index contributed by atoms with van der Waals surface area (Å²) in [6.07, 6.45) is 0. The summed E-state index contributed by atoms with van der Waals surface area (Å²) in [5.74, 6) is 0.461. The van der Waals surface area contributed by atoms with Gasteiger partial charge in [-0.2, -0.15) is 0 Å². The third kappa shape index (κ3) is 7.08. The predicted molar refractivity (Wildman–Crippen MR) is 114 cm³/mol. The lowest BCUT2D eigenvalue weighted by atomic mass is 10.2. The SMILES string of the molecule is CN(C)C(=O)CNC(=NCc1ccc([N+](=O)[O-])cc1)N(C)Cc1cccc(Cl)c1. The summed E-state index contributed by atoms with van der Waals surface area (Å²) in [6.45, 7) is 0.963. The summed E-state index contributed by atoms with van der Waals surface area (Å²) in [4.78, 5) is 30.3. The number of halogens is 1. The highest BCUT2D eigenvalue weighted by Crippen LogP contribution is 2.14. The molecule has 2 rings (SSSR count). The van der Waals surface area contributed by atoms with Crippen molar-refractivity contribution >= 4 is 29.2 Å². The Morgan fingerprint density at radius 3 is 2.41 bits per heavy atom. The Balaban J connectivity index is 2.14. The summed E-state index contributed by atoms with van der Waals surface area (Å²) in [7, 11) is 5.24. The van der Waals surface area contributed by atoms with Gasteiger partial charge >= 0.3 is 0 Å². The maximum Gasteiger partial charge on any atom is 0.269 e. The van der Waals surface area contributed by atoms with E-state index in [1.54, 1.807) is 26.2 Å². The molecule has 1 amide bonds. The molecule has 0 unspecified atom stereocenters. The lowest BCUT2D eigenvalue weighted by molar-refractivity contribution is -0.384. The van der Waals surface area contributed by atoms with E-state index in [1.807, 2.05) is 36.2 Å². The number of likely N-dealkylation sites (N-methyl/N-ethyl adjacent to an activating group) is 1. The van der Waals surface area contributed by atoms with E-state index in [0.717, 1.165) is 11.1 Å². The maximum absolute atomic E-state index is 12.0. The molecule has 1 N–H and O–H groups in total. The zero-order valence-electron chi connectivity index (χ0n) is 16.6. The fourth-order valence-electron chi connectivity index (χ4n) is 2.50. The van der Waals surface area contributed by atoms with Crippen LogP contribution in [-0.2, 0) is 17.9 Å². The first-order valence-corrected chi connectivity index (χ1v) is 9.31. The molecule has 2 aromatic rings. The van der Waals surface area contributed by atoms with Crippen LogP contribution in [0.3, 0.4) is 0 Å². The van der Waals surface area contributed by atoms with Gasteiger partial charge in [-0.25, -0.2) is 4.99 Å². The molecule has 0 fully saturated rings. The minimum atomic E-state index is -0.439. The van der Waals surface area contributed by atoms with Gasteiger partial charge in [-0.3, -0.25) is 14.9 Å². The van der Waals surface area contributed by atoms with Crippen molar-refractivity contribution in [1.29, 1.82) is 0 Å². The van der Waals surface area contributed by atoms with E-state index in [0.29, 0.717) is 24.1 Å². The molecule has 2 aromatic carbocycles. The lowest BCUT2D eigenvalue weighted by Gasteiger charge is -2.23. The van der Waals surface area contributed by atoms with Gasteiger partial charge in [0.2, 0.25) is 5.91 Å². The highest BCUT2D eigenvalue weighted by atomic mass is 35.5. The van der Waals surface area contributed by atoms with Crippen LogP contribution in [0.15, 0.2) is 53.5 Å². The highest BCUT2D eigenvalue weighted by molar-refractivity contribution is 6.30. The third-order valence-corrected chi connectivity index (χ3v) is 4.36. The molecular weight excluding hydrogens is 394 g/mol. The van der Waals surface area contributed by atoms with Gasteiger partial charge in [-0.15, -0.1) is 0 Å². The van der Waals surface area contributed by atoms with E-state index >= 15 is 0 Å². The molecule has 8 nitrogen and oxygen atoms in total. The van der Waals surface area contributed by atoms with Crippen LogP contribution >= 0.6 is 11.6 Å². The number of hydrogen-bond acceptors (Lipinski definition) is 4. The number of nitrogens with zero attached hydrogens (tertiary/aromatic N) is 4. The second-order valence-electron chi connectivity index (χ2n) is 6.69. The maximum atomic E-state index is 12.0. The van der Waals surface area contributed by atoms with Crippen LogP contribution in [0.5, 0.6) is 0 Å². The van der Waals surface area contributed by atoms with Crippen molar-refractivity contribution < 1.29 is 9.72 Å². The fraction of sp³-hybridized carbons (Fsp3) is 0.300. The number of carbonyl (C=O) groups is 1. The van der Waals surface area contributed by atoms with E-state index in [1.165, 1.54) is 17.0 Å². The minimum absolute atomic E-state index is 0.0331. The Kier molecular flexibility index (Phi) is 7.97. The van der Waals surface area contributed by atoms with Gasteiger partial charge in [0, 0.05) is 44.8 Å². The van der Waals surface area contributed by atoms with Crippen LogP contribution in [0, 0.1) is 10.1 Å². The van der Waals surface area contributed by atoms with Crippen molar-refractivity contribution in [2.45, 2.75) is 13.1 Å². The van der Waals surface area contributed by atoms with Crippen molar-refractivity contribution in [1.82, 2.24) is 15.1 Å². The number of non-ortho nitro benzene ring substituents is 1. The largest absolute Gasteiger partial charge is 0.347 e. The van der Waals surface area contributed by atoms with E-state index in [-0.39, 0.29) is 18.1 Å². The van der Waals surface area contributed by atoms with Gasteiger partial charge in [0.05, 0.1) is 18.0 Å². The van der Waals surface area contributed by atoms with Crippen LogP contribution in [-0.4, -0.2) is 54.3 Å². The number of carbonyl (C=O) groups excluding carboxylic acids is 1. The molecule has 29 heavy (non-hydrogen) atoms. The average molecular weight is 418 g/mol. The van der Waals surface area contributed by atoms with E-state index in [2.05, 4.69) is 10.3 Å². The molecule has 0 aliphatic heterocycles. The van der Waals surface area contributed by atoms with Gasteiger partial charge in [0.15, 0.2) is 5.96 Å². The average Bonchev–Trinajstić information content (AvgIpc) is 2.67. The molecule has 0 spiro atoms. The monoisotopic (exact) mass is 417 g/mol. The molecule has 0 aliphatic rings. The van der Waals surface area contributed by atoms with Crippen LogP contribution in [0.25, 0.3) is 0 Å². The van der Waals surface area contributed by atoms with Crippen molar-refractivity contribution in [2.24, 2.45) is 4.99 Å². The lowest BCUT2D eigenvalue weighted by Crippen LogP contribution is -2.43. The highest BCUT2D eigenvalue weighted by Gasteiger charge is 2.11. The molecule has 0 aromatic heterocycles. The summed E-state index contributed by atoms with van der Waals surface area (Å²) in [5.41, 5.74) is 1.86. The standard InChI is InChI=1S/C20H24ClN5O3/c1-24(2)19(27)13-23-20(25(3)14-16-5-4-6-17(21)11-16)22-12-15-7-9-18(10-8-15)26(28)29/h4-11H,12-14H2,1-3H3,(H,22,23). The van der Waals surface area contributed by atoms with Crippen LogP contribution in [0.2, 0.25) is 5.02 Å². The number of nitrogens with one attached hydrogen (secondary N) is 1. The number of hydrogen-bond donors (Lipinski definition) is 1. The number of nitro benzene ring substituents is 1. The van der Waals surface area contributed by atoms with Crippen LogP contribution in [0.4, 0.5) is 5.69 Å². The number of amides is 1. The predicted octanol–water partition coefficient (Wildman–Crippen LogP) is 2.91. The number of aliphatic imine (C=N–C) groups is 1. The minimum Gasteiger partial charge on any atom is -0.347 e. The summed E-state index contributed by atoms with van der Waals surface area (Å²) < 4.78 is 0. The summed E-state index contributed by atoms with van der Waals surface area (Å²) in [5, 5.41) is 14.5. The Morgan fingerprint density at radius 1 is 1.14 bits per heavy atom. The zero-order valence-corrected chi connectivity index (χ0v) is 17.4. The second kappa shape index (κ2) is 10.4. The first-order chi connectivity index (χ1) is 13.8. The normalized spacial score (nSPS) is 11.1. The molecule has 9 heteroatoms. The van der Waals surface area contributed by atoms with E-state index < -0.39 is 4.92 Å². The Morgan fingerprint density at radius 2 is 1.83 bits per heavy atom. The Hall–Kier alpha value is -3.13. The zero-order chi connectivity index (χ0) is 21.4. The fourth-order valence-corrected chi connectivity index (χ4v) is 2.71. The molecule has 0 bridgehead atoms. The Labute approximate surface area is 174 Å². The molecule has 0 radical (unpaired) electrons. The van der Waals surface area contributed by atoms with Gasteiger partial charge in [0.1, 0.15) is 0 Å². The van der Waals surface area contributed by atoms with Gasteiger partial charge in [0.25, 0.3) is 5.69 Å². The van der Waals surface area contributed by atoms with E-state index in [9.17, 15) is 14.9 Å². The van der Waals surface area contributed by atoms with Crippen LogP contribution < -0.4 is 5.32 Å². The number of nitro groups is 1. The molecular formula is C20H24ClN5O3. The quantitative estimate of drug-likeness (QED) is 0.323. The summed E-state index contributed by atoms with van der Waals surface area (Å²) in [6, 6.07) is 13.7. The second-order valence-corrected chi connectivity index (χ2v) is 7.13. The number of rotatable bonds is 7. The smallest absolute Gasteiger partial charge is 0.269 e. The third-order valence-electron chi connectivity index (χ3n) is 4.13. The van der Waals surface area contributed by atoms with Crippen LogP contribution in [0.1, 0.15) is 11.1 Å².